The normalized spacial score (nSPS) is 10.2. The van der Waals surface area contributed by atoms with Crippen LogP contribution in [0.15, 0.2) is 46.9 Å². The van der Waals surface area contributed by atoms with Crippen molar-refractivity contribution in [3.8, 4) is 11.5 Å². The number of benzene rings is 2. The molecule has 98 valence electrons. The molecule has 0 spiro atoms. The minimum Gasteiger partial charge on any atom is -0.456 e. The van der Waals surface area contributed by atoms with Crippen LogP contribution in [-0.4, -0.2) is 4.92 Å². The lowest BCUT2D eigenvalue weighted by molar-refractivity contribution is -0.384. The summed E-state index contributed by atoms with van der Waals surface area (Å²) in [5, 5.41) is 11.3. The van der Waals surface area contributed by atoms with E-state index in [4.69, 9.17) is 4.74 Å². The summed E-state index contributed by atoms with van der Waals surface area (Å²) in [6, 6.07) is 11.7. The number of non-ortho nitro benzene ring substituents is 1. The maximum atomic E-state index is 10.5. The van der Waals surface area contributed by atoms with E-state index in [1.54, 1.807) is 12.1 Å². The molecule has 0 radical (unpaired) electrons. The van der Waals surface area contributed by atoms with Crippen molar-refractivity contribution < 1.29 is 9.66 Å². The smallest absolute Gasteiger partial charge is 0.269 e. The lowest BCUT2D eigenvalue weighted by Crippen LogP contribution is -1.89. The minimum atomic E-state index is -0.440. The van der Waals surface area contributed by atoms with Crippen molar-refractivity contribution in [3.05, 3.63) is 62.6 Å². The Balaban J connectivity index is 2.19. The van der Waals surface area contributed by atoms with Crippen LogP contribution >= 0.6 is 31.9 Å². The molecule has 0 bridgehead atoms. The quantitative estimate of drug-likeness (QED) is 0.420. The van der Waals surface area contributed by atoms with Crippen LogP contribution in [0.25, 0.3) is 0 Å². The molecule has 0 saturated heterocycles. The Morgan fingerprint density at radius 2 is 1.84 bits per heavy atom. The maximum Gasteiger partial charge on any atom is 0.269 e. The van der Waals surface area contributed by atoms with E-state index in [0.717, 1.165) is 15.4 Å². The van der Waals surface area contributed by atoms with Gasteiger partial charge in [0.1, 0.15) is 11.5 Å². The highest BCUT2D eigenvalue weighted by molar-refractivity contribution is 9.10. The number of ether oxygens (including phenoxy) is 1. The second kappa shape index (κ2) is 6.16. The van der Waals surface area contributed by atoms with Crippen molar-refractivity contribution in [2.75, 3.05) is 0 Å². The Kier molecular flexibility index (Phi) is 4.55. The predicted molar refractivity (Wildman–Crippen MR) is 79.9 cm³/mol. The van der Waals surface area contributed by atoms with Gasteiger partial charge in [0.15, 0.2) is 0 Å². The summed E-state index contributed by atoms with van der Waals surface area (Å²) in [7, 11) is 0. The van der Waals surface area contributed by atoms with Gasteiger partial charge < -0.3 is 4.74 Å². The van der Waals surface area contributed by atoms with Gasteiger partial charge >= 0.3 is 0 Å². The van der Waals surface area contributed by atoms with E-state index >= 15 is 0 Å². The second-order valence-electron chi connectivity index (χ2n) is 3.75. The molecule has 0 aliphatic heterocycles. The molecule has 0 unspecified atom stereocenters. The highest BCUT2D eigenvalue weighted by Gasteiger charge is 2.07. The van der Waals surface area contributed by atoms with E-state index in [0.29, 0.717) is 11.5 Å². The van der Waals surface area contributed by atoms with Crippen LogP contribution < -0.4 is 4.74 Å². The third-order valence-electron chi connectivity index (χ3n) is 2.43. The van der Waals surface area contributed by atoms with Crippen molar-refractivity contribution in [2.45, 2.75) is 5.33 Å². The van der Waals surface area contributed by atoms with Gasteiger partial charge in [-0.2, -0.15) is 0 Å². The molecule has 6 heteroatoms. The minimum absolute atomic E-state index is 0.0426. The Morgan fingerprint density at radius 3 is 2.37 bits per heavy atom. The zero-order valence-corrected chi connectivity index (χ0v) is 12.8. The van der Waals surface area contributed by atoms with Gasteiger partial charge in [0.2, 0.25) is 0 Å². The fourth-order valence-electron chi connectivity index (χ4n) is 1.47. The Bertz CT molecular complexity index is 599. The van der Waals surface area contributed by atoms with Gasteiger partial charge in [-0.1, -0.05) is 22.0 Å². The Labute approximate surface area is 126 Å². The van der Waals surface area contributed by atoms with Crippen LogP contribution in [0.4, 0.5) is 5.69 Å². The first-order valence-electron chi connectivity index (χ1n) is 5.37. The van der Waals surface area contributed by atoms with Crippen LogP contribution in [0, 0.1) is 10.1 Å². The van der Waals surface area contributed by atoms with E-state index in [-0.39, 0.29) is 5.69 Å². The molecule has 19 heavy (non-hydrogen) atoms. The first kappa shape index (κ1) is 14.0. The molecular formula is C13H9Br2NO3. The number of halogens is 2. The molecule has 0 aliphatic rings. The van der Waals surface area contributed by atoms with Gasteiger partial charge in [-0.15, -0.1) is 0 Å². The summed E-state index contributed by atoms with van der Waals surface area (Å²) < 4.78 is 6.49. The molecule has 2 aromatic carbocycles. The average Bonchev–Trinajstić information content (AvgIpc) is 2.41. The van der Waals surface area contributed by atoms with Crippen LogP contribution in [0.5, 0.6) is 11.5 Å². The number of hydrogen-bond donors (Lipinski definition) is 0. The van der Waals surface area contributed by atoms with E-state index in [1.807, 2.05) is 18.2 Å². The standard InChI is InChI=1S/C13H9Br2NO3/c14-8-9-1-6-13(12(15)7-9)19-11-4-2-10(3-5-11)16(17)18/h1-7H,8H2. The van der Waals surface area contributed by atoms with Gasteiger partial charge in [-0.25, -0.2) is 0 Å². The molecule has 0 N–H and O–H groups in total. The van der Waals surface area contributed by atoms with Gasteiger partial charge in [-0.3, -0.25) is 10.1 Å². The number of nitro groups is 1. The van der Waals surface area contributed by atoms with Crippen LogP contribution in [0.3, 0.4) is 0 Å². The van der Waals surface area contributed by atoms with Crippen molar-refractivity contribution in [3.63, 3.8) is 0 Å². The van der Waals surface area contributed by atoms with E-state index in [9.17, 15) is 10.1 Å². The topological polar surface area (TPSA) is 52.4 Å². The van der Waals surface area contributed by atoms with Gasteiger partial charge in [0, 0.05) is 17.5 Å². The first-order valence-corrected chi connectivity index (χ1v) is 7.28. The third-order valence-corrected chi connectivity index (χ3v) is 3.69. The molecular weight excluding hydrogens is 378 g/mol. The number of alkyl halides is 1. The lowest BCUT2D eigenvalue weighted by Gasteiger charge is -2.08. The van der Waals surface area contributed by atoms with E-state index < -0.39 is 4.92 Å². The largest absolute Gasteiger partial charge is 0.456 e. The fraction of sp³-hybridized carbons (Fsp3) is 0.0769. The number of nitro benzene ring substituents is 1. The van der Waals surface area contributed by atoms with Gasteiger partial charge in [0.05, 0.1) is 9.40 Å². The molecule has 0 aromatic heterocycles. The second-order valence-corrected chi connectivity index (χ2v) is 5.17. The zero-order chi connectivity index (χ0) is 13.8. The van der Waals surface area contributed by atoms with Crippen LogP contribution in [0.1, 0.15) is 5.56 Å². The highest BCUT2D eigenvalue weighted by Crippen LogP contribution is 2.31. The molecule has 4 nitrogen and oxygen atoms in total. The van der Waals surface area contributed by atoms with Crippen molar-refractivity contribution in [2.24, 2.45) is 0 Å². The molecule has 0 aliphatic carbocycles. The molecule has 0 atom stereocenters. The van der Waals surface area contributed by atoms with Crippen LogP contribution in [0.2, 0.25) is 0 Å². The maximum absolute atomic E-state index is 10.5. The monoisotopic (exact) mass is 385 g/mol. The summed E-state index contributed by atoms with van der Waals surface area (Å²) in [5.74, 6) is 1.22. The van der Waals surface area contributed by atoms with E-state index in [1.165, 1.54) is 12.1 Å². The Hall–Kier alpha value is -1.40. The summed E-state index contributed by atoms with van der Waals surface area (Å²) in [5.41, 5.74) is 1.17. The lowest BCUT2D eigenvalue weighted by atomic mass is 10.2. The SMILES string of the molecule is O=[N+]([O-])c1ccc(Oc2ccc(CBr)cc2Br)cc1. The molecule has 0 heterocycles. The molecule has 2 aromatic rings. The summed E-state index contributed by atoms with van der Waals surface area (Å²) in [4.78, 5) is 10.1. The van der Waals surface area contributed by atoms with E-state index in [2.05, 4.69) is 31.9 Å². The van der Waals surface area contributed by atoms with Crippen molar-refractivity contribution >= 4 is 37.5 Å². The fourth-order valence-corrected chi connectivity index (χ4v) is 2.33. The Morgan fingerprint density at radius 1 is 1.16 bits per heavy atom. The van der Waals surface area contributed by atoms with Crippen molar-refractivity contribution in [1.29, 1.82) is 0 Å². The summed E-state index contributed by atoms with van der Waals surface area (Å²) >= 11 is 6.81. The molecule has 0 amide bonds. The van der Waals surface area contributed by atoms with Gasteiger partial charge in [0.25, 0.3) is 5.69 Å². The highest BCUT2D eigenvalue weighted by atomic mass is 79.9. The van der Waals surface area contributed by atoms with Crippen LogP contribution in [-0.2, 0) is 5.33 Å². The van der Waals surface area contributed by atoms with Crippen molar-refractivity contribution in [1.82, 2.24) is 0 Å². The average molecular weight is 387 g/mol. The summed E-state index contributed by atoms with van der Waals surface area (Å²) in [6.07, 6.45) is 0. The third kappa shape index (κ3) is 3.54. The van der Waals surface area contributed by atoms with Gasteiger partial charge in [-0.05, 0) is 45.8 Å². The zero-order valence-electron chi connectivity index (χ0n) is 9.68. The predicted octanol–water partition coefficient (Wildman–Crippen LogP) is 5.04. The molecule has 0 fully saturated rings. The number of rotatable bonds is 4. The molecule has 0 saturated carbocycles. The summed E-state index contributed by atoms with van der Waals surface area (Å²) in [6.45, 7) is 0. The molecule has 2 rings (SSSR count). The number of nitrogens with zero attached hydrogens (tertiary/aromatic N) is 1. The first-order chi connectivity index (χ1) is 9.10. The number of hydrogen-bond acceptors (Lipinski definition) is 3.